The maximum absolute atomic E-state index is 14.2. The highest BCUT2D eigenvalue weighted by Gasteiger charge is 2.47. The number of thioether (sulfide) groups is 1. The van der Waals surface area contributed by atoms with Gasteiger partial charge in [-0.05, 0) is 43.9 Å². The summed E-state index contributed by atoms with van der Waals surface area (Å²) in [6.07, 6.45) is 0.489. The smallest absolute Gasteiger partial charge is 0.407 e. The third-order valence-corrected chi connectivity index (χ3v) is 8.68. The quantitative estimate of drug-likeness (QED) is 0.181. The third-order valence-electron chi connectivity index (χ3n) is 8.02. The lowest BCUT2D eigenvalue weighted by Gasteiger charge is -2.35. The first-order valence-corrected chi connectivity index (χ1v) is 19.0. The second-order valence-electron chi connectivity index (χ2n) is 15.7. The van der Waals surface area contributed by atoms with Gasteiger partial charge < -0.3 is 40.5 Å². The first-order chi connectivity index (χ1) is 24.5. The standard InChI is InChI=1S/C37H58N6O9S/c1-22(2)20-51-35(50)41-30(36(3,4)5)34(49)43-19-24(52-37(6,7)8)17-26(43)31(46)39-25(21-53-11)29(45)32(47)38-18-27(44)40-28(33(48)42(9)10)23-15-13-12-14-16-23/h12-16,22,24-26,28,30H,17-21H2,1-11H3,(H,38,47)(H,39,46)(H,40,44)(H,41,50)/t24-,25?,26+,28+,30-/m1/s1. The van der Waals surface area contributed by atoms with E-state index >= 15 is 0 Å². The molecule has 1 unspecified atom stereocenters. The summed E-state index contributed by atoms with van der Waals surface area (Å²) < 4.78 is 11.4. The SMILES string of the molecule is CSCC(NC(=O)[C@@H]1C[C@@H](OC(C)(C)C)CN1C(=O)[C@@H](NC(=O)OCC(C)C)C(C)(C)C)C(=O)C(=O)NCC(=O)N[C@H](C(=O)N(C)C)c1ccccc1. The van der Waals surface area contributed by atoms with Crippen molar-refractivity contribution in [1.29, 1.82) is 0 Å². The Morgan fingerprint density at radius 1 is 0.943 bits per heavy atom. The Morgan fingerprint density at radius 2 is 1.57 bits per heavy atom. The molecule has 0 aromatic heterocycles. The van der Waals surface area contributed by atoms with E-state index < -0.39 is 83.3 Å². The lowest BCUT2D eigenvalue weighted by atomic mass is 9.85. The zero-order chi connectivity index (χ0) is 40.3. The number of hydrogen-bond donors (Lipinski definition) is 4. The second-order valence-corrected chi connectivity index (χ2v) is 16.6. The molecule has 15 nitrogen and oxygen atoms in total. The van der Waals surface area contributed by atoms with Crippen molar-refractivity contribution in [2.24, 2.45) is 11.3 Å². The summed E-state index contributed by atoms with van der Waals surface area (Å²) in [4.78, 5) is 95.5. The topological polar surface area (TPSA) is 193 Å². The van der Waals surface area contributed by atoms with Crippen molar-refractivity contribution in [3.8, 4) is 0 Å². The Bertz CT molecular complexity index is 1460. The Morgan fingerprint density at radius 3 is 2.09 bits per heavy atom. The van der Waals surface area contributed by atoms with Gasteiger partial charge in [0.05, 0.1) is 24.9 Å². The van der Waals surface area contributed by atoms with Gasteiger partial charge in [0.25, 0.3) is 5.91 Å². The molecule has 1 aliphatic heterocycles. The van der Waals surface area contributed by atoms with Crippen LogP contribution in [0.2, 0.25) is 0 Å². The maximum Gasteiger partial charge on any atom is 0.407 e. The maximum atomic E-state index is 14.2. The summed E-state index contributed by atoms with van der Waals surface area (Å²) in [6.45, 7) is 14.3. The minimum absolute atomic E-state index is 0.0219. The molecule has 2 rings (SSSR count). The number of likely N-dealkylation sites (tertiary alicyclic amines) is 1. The number of likely N-dealkylation sites (N-methyl/N-ethyl adjacent to an activating group) is 1. The minimum atomic E-state index is -1.30. The van der Waals surface area contributed by atoms with Crippen LogP contribution in [0, 0.1) is 11.3 Å². The van der Waals surface area contributed by atoms with Crippen LogP contribution in [0.4, 0.5) is 4.79 Å². The van der Waals surface area contributed by atoms with Gasteiger partial charge in [0.1, 0.15) is 24.2 Å². The highest BCUT2D eigenvalue weighted by atomic mass is 32.2. The first kappa shape index (κ1) is 45.0. The van der Waals surface area contributed by atoms with E-state index in [0.29, 0.717) is 5.56 Å². The Balaban J connectivity index is 2.23. The number of alkyl carbamates (subject to hydrolysis) is 1. The number of nitrogens with zero attached hydrogens (tertiary/aromatic N) is 2. The lowest BCUT2D eigenvalue weighted by Crippen LogP contribution is -2.59. The molecule has 0 radical (unpaired) electrons. The molecule has 1 aromatic rings. The van der Waals surface area contributed by atoms with Gasteiger partial charge in [0.15, 0.2) is 0 Å². The number of amides is 6. The molecule has 53 heavy (non-hydrogen) atoms. The fourth-order valence-electron chi connectivity index (χ4n) is 5.52. The summed E-state index contributed by atoms with van der Waals surface area (Å²) in [5.74, 6) is -4.32. The van der Waals surface area contributed by atoms with Crippen molar-refractivity contribution in [1.82, 2.24) is 31.1 Å². The molecule has 0 bridgehead atoms. The van der Waals surface area contributed by atoms with E-state index in [2.05, 4.69) is 21.3 Å². The van der Waals surface area contributed by atoms with E-state index in [1.165, 1.54) is 21.6 Å². The molecule has 1 aromatic carbocycles. The molecule has 5 atom stereocenters. The second kappa shape index (κ2) is 19.8. The van der Waals surface area contributed by atoms with Gasteiger partial charge in [0.2, 0.25) is 29.4 Å². The zero-order valence-corrected chi connectivity index (χ0v) is 33.7. The summed E-state index contributed by atoms with van der Waals surface area (Å²) >= 11 is 1.21. The van der Waals surface area contributed by atoms with Gasteiger partial charge in [-0.1, -0.05) is 65.0 Å². The molecular weight excluding hydrogens is 705 g/mol. The monoisotopic (exact) mass is 762 g/mol. The summed E-state index contributed by atoms with van der Waals surface area (Å²) in [7, 11) is 3.10. The lowest BCUT2D eigenvalue weighted by molar-refractivity contribution is -0.144. The molecule has 1 aliphatic rings. The molecule has 1 fully saturated rings. The van der Waals surface area contributed by atoms with Crippen molar-refractivity contribution in [2.75, 3.05) is 45.8 Å². The average Bonchev–Trinajstić information content (AvgIpc) is 3.48. The number of benzene rings is 1. The molecule has 1 saturated heterocycles. The number of ketones is 1. The number of carbonyl (C=O) groups excluding carboxylic acids is 7. The van der Waals surface area contributed by atoms with E-state index in [1.54, 1.807) is 71.5 Å². The molecule has 0 saturated carbocycles. The van der Waals surface area contributed by atoms with E-state index in [4.69, 9.17) is 9.47 Å². The molecule has 0 spiro atoms. The fraction of sp³-hybridized carbons (Fsp3) is 0.649. The Hall–Kier alpha value is -4.18. The molecule has 1 heterocycles. The number of ether oxygens (including phenoxy) is 2. The van der Waals surface area contributed by atoms with Gasteiger partial charge >= 0.3 is 6.09 Å². The molecule has 296 valence electrons. The third kappa shape index (κ3) is 14.3. The molecular formula is C37H58N6O9S. The van der Waals surface area contributed by atoms with Gasteiger partial charge in [0, 0.05) is 32.8 Å². The van der Waals surface area contributed by atoms with Crippen molar-refractivity contribution in [2.45, 2.75) is 97.7 Å². The zero-order valence-electron chi connectivity index (χ0n) is 32.9. The van der Waals surface area contributed by atoms with Crippen LogP contribution in [-0.2, 0) is 38.2 Å². The summed E-state index contributed by atoms with van der Waals surface area (Å²) in [5.41, 5.74) is -0.842. The van der Waals surface area contributed by atoms with Crippen LogP contribution in [0.5, 0.6) is 0 Å². The number of rotatable bonds is 16. The van der Waals surface area contributed by atoms with E-state index in [1.807, 2.05) is 34.6 Å². The van der Waals surface area contributed by atoms with Crippen LogP contribution in [-0.4, -0.2) is 127 Å². The van der Waals surface area contributed by atoms with Crippen molar-refractivity contribution in [3.05, 3.63) is 35.9 Å². The molecule has 6 amide bonds. The van der Waals surface area contributed by atoms with Crippen LogP contribution in [0.25, 0.3) is 0 Å². The van der Waals surface area contributed by atoms with Gasteiger partial charge in [-0.3, -0.25) is 28.8 Å². The van der Waals surface area contributed by atoms with Crippen molar-refractivity contribution in [3.63, 3.8) is 0 Å². The number of carbonyl (C=O) groups is 7. The van der Waals surface area contributed by atoms with E-state index in [9.17, 15) is 33.6 Å². The summed E-state index contributed by atoms with van der Waals surface area (Å²) in [5, 5.41) is 10.2. The Labute approximate surface area is 317 Å². The highest BCUT2D eigenvalue weighted by molar-refractivity contribution is 7.98. The van der Waals surface area contributed by atoms with E-state index in [0.717, 1.165) is 0 Å². The largest absolute Gasteiger partial charge is 0.449 e. The average molecular weight is 763 g/mol. The number of nitrogens with one attached hydrogen (secondary N) is 4. The normalized spacial score (nSPS) is 17.6. The van der Waals surface area contributed by atoms with Gasteiger partial charge in [-0.2, -0.15) is 11.8 Å². The van der Waals surface area contributed by atoms with Crippen LogP contribution >= 0.6 is 11.8 Å². The Kier molecular flexibility index (Phi) is 16.8. The van der Waals surface area contributed by atoms with Crippen LogP contribution < -0.4 is 21.3 Å². The molecule has 0 aliphatic carbocycles. The van der Waals surface area contributed by atoms with Crippen LogP contribution in [0.1, 0.15) is 73.4 Å². The van der Waals surface area contributed by atoms with Crippen LogP contribution in [0.15, 0.2) is 30.3 Å². The van der Waals surface area contributed by atoms with Crippen molar-refractivity contribution < 1.29 is 43.0 Å². The van der Waals surface area contributed by atoms with Gasteiger partial charge in [-0.25, -0.2) is 4.79 Å². The van der Waals surface area contributed by atoms with Crippen molar-refractivity contribution >= 4 is 53.2 Å². The van der Waals surface area contributed by atoms with Gasteiger partial charge in [-0.15, -0.1) is 0 Å². The van der Waals surface area contributed by atoms with E-state index in [-0.39, 0.29) is 37.2 Å². The fourth-order valence-corrected chi connectivity index (χ4v) is 6.09. The summed E-state index contributed by atoms with van der Waals surface area (Å²) in [6, 6.07) is 4.11. The minimum Gasteiger partial charge on any atom is -0.449 e. The highest BCUT2D eigenvalue weighted by Crippen LogP contribution is 2.29. The first-order valence-electron chi connectivity index (χ1n) is 17.6. The predicted molar refractivity (Wildman–Crippen MR) is 202 cm³/mol. The predicted octanol–water partition coefficient (Wildman–Crippen LogP) is 2.05. The molecule has 4 N–H and O–H groups in total. The van der Waals surface area contributed by atoms with Crippen LogP contribution in [0.3, 0.4) is 0 Å². The molecule has 16 heteroatoms. The number of hydrogen-bond acceptors (Lipinski definition) is 10. The number of Topliss-reactive ketones (excluding diaryl/α,β-unsaturated/α-hetero) is 1.